The van der Waals surface area contributed by atoms with Gasteiger partial charge in [-0.05, 0) is 71.3 Å². The zero-order chi connectivity index (χ0) is 35.3. The number of hydrogen-bond donors (Lipinski definition) is 0. The average Bonchev–Trinajstić information content (AvgIpc) is 3.67. The number of pyridine rings is 2. The number of nitriles is 2. The van der Waals surface area contributed by atoms with Crippen LogP contribution < -0.4 is 4.90 Å². The van der Waals surface area contributed by atoms with Crippen molar-refractivity contribution < 1.29 is 9.59 Å². The van der Waals surface area contributed by atoms with Gasteiger partial charge in [-0.25, -0.2) is 4.90 Å². The number of fused-ring (bicyclic) bond motifs is 4. The van der Waals surface area contributed by atoms with Crippen molar-refractivity contribution in [2.24, 2.45) is 0 Å². The Kier molecular flexibility index (Phi) is 7.03. The van der Waals surface area contributed by atoms with E-state index < -0.39 is 11.8 Å². The molecule has 0 saturated heterocycles. The number of hydrogen-bond acceptors (Lipinski definition) is 6. The van der Waals surface area contributed by atoms with Gasteiger partial charge < -0.3 is 4.57 Å². The van der Waals surface area contributed by atoms with Crippen LogP contribution in [0.25, 0.3) is 60.9 Å². The number of aromatic nitrogens is 3. The van der Waals surface area contributed by atoms with E-state index in [1.165, 1.54) is 4.90 Å². The molecule has 0 aliphatic carbocycles. The number of carbonyl (C=O) groups is 2. The Morgan fingerprint density at radius 3 is 1.67 bits per heavy atom. The van der Waals surface area contributed by atoms with Gasteiger partial charge in [0.25, 0.3) is 11.8 Å². The van der Waals surface area contributed by atoms with Gasteiger partial charge in [0.05, 0.1) is 56.8 Å². The average molecular weight is 669 g/mol. The van der Waals surface area contributed by atoms with E-state index in [0.29, 0.717) is 44.8 Å². The number of rotatable bonds is 5. The highest BCUT2D eigenvalue weighted by atomic mass is 16.2. The lowest BCUT2D eigenvalue weighted by atomic mass is 9.98. The van der Waals surface area contributed by atoms with Crippen LogP contribution >= 0.6 is 0 Å². The molecule has 0 saturated carbocycles. The molecule has 4 heterocycles. The maximum Gasteiger partial charge on any atom is 0.268 e. The number of para-hydroxylation sites is 1. The molecule has 9 rings (SSSR count). The Bertz CT molecular complexity index is 2760. The monoisotopic (exact) mass is 668 g/mol. The molecule has 8 aromatic rings. The molecule has 0 fully saturated rings. The summed E-state index contributed by atoms with van der Waals surface area (Å²) in [6, 6.07) is 42.2. The first-order valence-electron chi connectivity index (χ1n) is 16.5. The fraction of sp³-hybridized carbons (Fsp3) is 0. The molecule has 5 aromatic carbocycles. The Morgan fingerprint density at radius 2 is 1.06 bits per heavy atom. The standard InChI is InChI=1S/C44H24N6O2/c45-23-30-17-19-47-25-36(30)28-13-15-39-34(21-28)35-22-29(37-26-48-20-18-31(37)24-46)14-16-40(35)49(39)41-12-6-10-33-42(41)44(52)50(43(33)51)38-11-5-4-9-32(38)27-7-2-1-3-8-27/h1-22,25-26H. The molecule has 8 nitrogen and oxygen atoms in total. The van der Waals surface area contributed by atoms with Gasteiger partial charge in [0.2, 0.25) is 0 Å². The van der Waals surface area contributed by atoms with Gasteiger partial charge in [-0.1, -0.05) is 66.7 Å². The molecule has 0 bridgehead atoms. The molecular formula is C44H24N6O2. The minimum Gasteiger partial charge on any atom is -0.308 e. The SMILES string of the molecule is N#Cc1ccncc1-c1ccc2c(c1)c1cc(-c3cnccc3C#N)ccc1n2-c1cccc2c1C(=O)N(c1ccccc1-c1ccccc1)C2=O. The third-order valence-corrected chi connectivity index (χ3v) is 9.63. The number of benzene rings is 5. The first-order chi connectivity index (χ1) is 25.6. The van der Waals surface area contributed by atoms with Crippen molar-refractivity contribution in [2.75, 3.05) is 4.90 Å². The summed E-state index contributed by atoms with van der Waals surface area (Å²) in [5.74, 6) is -0.804. The van der Waals surface area contributed by atoms with Crippen molar-refractivity contribution in [3.05, 3.63) is 168 Å². The topological polar surface area (TPSA) is 116 Å². The molecule has 0 radical (unpaired) electrons. The molecule has 2 amide bonds. The molecule has 1 aliphatic heterocycles. The highest BCUT2D eigenvalue weighted by Gasteiger charge is 2.40. The van der Waals surface area contributed by atoms with Crippen molar-refractivity contribution in [3.63, 3.8) is 0 Å². The predicted octanol–water partition coefficient (Wildman–Crippen LogP) is 9.12. The second kappa shape index (κ2) is 12.0. The Balaban J connectivity index is 1.28. The van der Waals surface area contributed by atoms with E-state index in [2.05, 4.69) is 22.1 Å². The second-order valence-corrected chi connectivity index (χ2v) is 12.4. The van der Waals surface area contributed by atoms with Gasteiger partial charge in [0.1, 0.15) is 0 Å². The van der Waals surface area contributed by atoms with Crippen LogP contribution in [0.4, 0.5) is 5.69 Å². The fourth-order valence-electron chi connectivity index (χ4n) is 7.27. The third kappa shape index (κ3) is 4.60. The van der Waals surface area contributed by atoms with E-state index in [-0.39, 0.29) is 0 Å². The van der Waals surface area contributed by atoms with Gasteiger partial charge in [-0.2, -0.15) is 10.5 Å². The van der Waals surface area contributed by atoms with E-state index in [0.717, 1.165) is 44.1 Å². The largest absolute Gasteiger partial charge is 0.308 e. The normalized spacial score (nSPS) is 12.2. The van der Waals surface area contributed by atoms with Gasteiger partial charge in [0, 0.05) is 52.3 Å². The molecule has 0 atom stereocenters. The van der Waals surface area contributed by atoms with Crippen LogP contribution in [0.2, 0.25) is 0 Å². The molecule has 0 spiro atoms. The quantitative estimate of drug-likeness (QED) is 0.169. The van der Waals surface area contributed by atoms with E-state index in [1.54, 1.807) is 55.1 Å². The highest BCUT2D eigenvalue weighted by Crippen LogP contribution is 2.42. The van der Waals surface area contributed by atoms with Crippen LogP contribution in [0, 0.1) is 22.7 Å². The summed E-state index contributed by atoms with van der Waals surface area (Å²) in [5, 5.41) is 21.5. The zero-order valence-corrected chi connectivity index (χ0v) is 27.4. The summed E-state index contributed by atoms with van der Waals surface area (Å²) in [7, 11) is 0. The highest BCUT2D eigenvalue weighted by molar-refractivity contribution is 6.36. The molecule has 0 unspecified atom stereocenters. The lowest BCUT2D eigenvalue weighted by Gasteiger charge is -2.18. The van der Waals surface area contributed by atoms with E-state index in [4.69, 9.17) is 0 Å². The summed E-state index contributed by atoms with van der Waals surface area (Å²) in [6.45, 7) is 0. The Morgan fingerprint density at radius 1 is 0.500 bits per heavy atom. The van der Waals surface area contributed by atoms with Crippen LogP contribution in [0.15, 0.2) is 146 Å². The van der Waals surface area contributed by atoms with Crippen molar-refractivity contribution >= 4 is 39.3 Å². The van der Waals surface area contributed by atoms with Crippen molar-refractivity contribution in [1.82, 2.24) is 14.5 Å². The second-order valence-electron chi connectivity index (χ2n) is 12.4. The van der Waals surface area contributed by atoms with E-state index in [9.17, 15) is 20.1 Å². The van der Waals surface area contributed by atoms with Crippen molar-refractivity contribution in [3.8, 4) is 51.2 Å². The lowest BCUT2D eigenvalue weighted by Crippen LogP contribution is -2.30. The molecular weight excluding hydrogens is 645 g/mol. The Labute approximate surface area is 297 Å². The first-order valence-corrected chi connectivity index (χ1v) is 16.5. The van der Waals surface area contributed by atoms with Gasteiger partial charge >= 0.3 is 0 Å². The maximum atomic E-state index is 14.6. The number of carbonyl (C=O) groups excluding carboxylic acids is 2. The summed E-state index contributed by atoms with van der Waals surface area (Å²) < 4.78 is 2.01. The molecule has 8 heteroatoms. The fourth-order valence-corrected chi connectivity index (χ4v) is 7.27. The molecule has 3 aromatic heterocycles. The van der Waals surface area contributed by atoms with Crippen molar-refractivity contribution in [1.29, 1.82) is 10.5 Å². The lowest BCUT2D eigenvalue weighted by molar-refractivity contribution is 0.0926. The number of imide groups is 1. The summed E-state index contributed by atoms with van der Waals surface area (Å²) in [6.07, 6.45) is 6.54. The molecule has 1 aliphatic rings. The van der Waals surface area contributed by atoms with E-state index in [1.807, 2.05) is 95.6 Å². The van der Waals surface area contributed by atoms with Crippen LogP contribution in [-0.4, -0.2) is 26.3 Å². The van der Waals surface area contributed by atoms with E-state index >= 15 is 0 Å². The minimum absolute atomic E-state index is 0.306. The molecule has 52 heavy (non-hydrogen) atoms. The number of amides is 2. The zero-order valence-electron chi connectivity index (χ0n) is 27.4. The van der Waals surface area contributed by atoms with Gasteiger partial charge in [-0.15, -0.1) is 0 Å². The predicted molar refractivity (Wildman–Crippen MR) is 200 cm³/mol. The number of nitrogens with zero attached hydrogens (tertiary/aromatic N) is 6. The summed E-state index contributed by atoms with van der Waals surface area (Å²) in [4.78, 5) is 38.7. The van der Waals surface area contributed by atoms with Crippen LogP contribution in [0.1, 0.15) is 31.8 Å². The molecule has 0 N–H and O–H groups in total. The van der Waals surface area contributed by atoms with Gasteiger partial charge in [-0.3, -0.25) is 19.6 Å². The first kappa shape index (κ1) is 30.4. The summed E-state index contributed by atoms with van der Waals surface area (Å²) in [5.41, 5.74) is 8.92. The minimum atomic E-state index is -0.412. The smallest absolute Gasteiger partial charge is 0.268 e. The third-order valence-electron chi connectivity index (χ3n) is 9.63. The maximum absolute atomic E-state index is 14.6. The van der Waals surface area contributed by atoms with Crippen LogP contribution in [0.3, 0.4) is 0 Å². The summed E-state index contributed by atoms with van der Waals surface area (Å²) >= 11 is 0. The van der Waals surface area contributed by atoms with Crippen molar-refractivity contribution in [2.45, 2.75) is 0 Å². The molecule has 242 valence electrons. The Hall–Kier alpha value is -7.68. The van der Waals surface area contributed by atoms with Crippen LogP contribution in [-0.2, 0) is 0 Å². The number of anilines is 1. The van der Waals surface area contributed by atoms with Gasteiger partial charge in [0.15, 0.2) is 0 Å². The van der Waals surface area contributed by atoms with Crippen LogP contribution in [0.5, 0.6) is 0 Å².